The summed E-state index contributed by atoms with van der Waals surface area (Å²) < 4.78 is 78.4. The quantitative estimate of drug-likeness (QED) is 0.552. The first-order valence-corrected chi connectivity index (χ1v) is 5.78. The van der Waals surface area contributed by atoms with Gasteiger partial charge in [-0.3, -0.25) is 0 Å². The Morgan fingerprint density at radius 3 is 2.32 bits per heavy atom. The molecule has 0 N–H and O–H groups in total. The van der Waals surface area contributed by atoms with Crippen LogP contribution in [0.4, 0.5) is 26.3 Å². The van der Waals surface area contributed by atoms with Crippen molar-refractivity contribution in [3.05, 3.63) is 29.8 Å². The van der Waals surface area contributed by atoms with Gasteiger partial charge < -0.3 is 4.74 Å². The van der Waals surface area contributed by atoms with Gasteiger partial charge in [-0.05, 0) is 36.0 Å². The van der Waals surface area contributed by atoms with E-state index in [1.807, 2.05) is 0 Å². The smallest absolute Gasteiger partial charge is 0.446 e. The summed E-state index contributed by atoms with van der Waals surface area (Å²) in [6.07, 6.45) is -4.74. The summed E-state index contributed by atoms with van der Waals surface area (Å²) in [4.78, 5) is -0.107. The van der Waals surface area contributed by atoms with Crippen LogP contribution < -0.4 is 4.74 Å². The van der Waals surface area contributed by atoms with E-state index in [0.29, 0.717) is 0 Å². The molecule has 0 saturated carbocycles. The first kappa shape index (κ1) is 14.1. The molecule has 1 aliphatic rings. The van der Waals surface area contributed by atoms with E-state index in [1.165, 1.54) is 0 Å². The largest absolute Gasteiger partial charge is 0.476 e. The highest BCUT2D eigenvalue weighted by atomic mass is 32.2. The number of alkyl halides is 6. The van der Waals surface area contributed by atoms with Gasteiger partial charge >= 0.3 is 11.7 Å². The molecule has 0 amide bonds. The first-order chi connectivity index (χ1) is 8.65. The van der Waals surface area contributed by atoms with E-state index in [2.05, 4.69) is 4.74 Å². The van der Waals surface area contributed by atoms with Crippen LogP contribution in [-0.2, 0) is 0 Å². The molecule has 19 heavy (non-hydrogen) atoms. The van der Waals surface area contributed by atoms with Gasteiger partial charge in [0, 0.05) is 10.5 Å². The van der Waals surface area contributed by atoms with Gasteiger partial charge in [-0.15, -0.1) is 0 Å². The number of fused-ring (bicyclic) bond motifs is 1. The average Bonchev–Trinajstić information content (AvgIpc) is 2.24. The minimum atomic E-state index is -4.55. The summed E-state index contributed by atoms with van der Waals surface area (Å²) in [6, 6.07) is 3.31. The van der Waals surface area contributed by atoms with E-state index in [0.717, 1.165) is 30.4 Å². The van der Waals surface area contributed by atoms with E-state index >= 15 is 0 Å². The van der Waals surface area contributed by atoms with E-state index in [9.17, 15) is 26.3 Å². The maximum absolute atomic E-state index is 12.4. The fraction of sp³-hybridized carbons (Fsp3) is 0.273. The molecule has 0 fully saturated rings. The Balaban J connectivity index is 2.22. The van der Waals surface area contributed by atoms with Crippen LogP contribution in [0, 0.1) is 0 Å². The van der Waals surface area contributed by atoms with E-state index in [-0.39, 0.29) is 28.0 Å². The number of ether oxygens (including phenoxy) is 1. The fourth-order valence-corrected chi connectivity index (χ4v) is 2.09. The van der Waals surface area contributed by atoms with Gasteiger partial charge in [-0.1, -0.05) is 6.08 Å². The highest BCUT2D eigenvalue weighted by molar-refractivity contribution is 8.00. The van der Waals surface area contributed by atoms with Crippen LogP contribution in [0.3, 0.4) is 0 Å². The number of benzene rings is 1. The van der Waals surface area contributed by atoms with Gasteiger partial charge in [0.05, 0.1) is 0 Å². The third-order valence-electron chi connectivity index (χ3n) is 2.24. The highest BCUT2D eigenvalue weighted by Gasteiger charge is 2.41. The number of halogens is 6. The zero-order chi connectivity index (χ0) is 14.3. The van der Waals surface area contributed by atoms with Crippen molar-refractivity contribution in [3.63, 3.8) is 0 Å². The monoisotopic (exact) mass is 300 g/mol. The summed E-state index contributed by atoms with van der Waals surface area (Å²) in [5, 5.41) is 0. The van der Waals surface area contributed by atoms with Gasteiger partial charge in [-0.25, -0.2) is 0 Å². The Labute approximate surface area is 108 Å². The van der Waals surface area contributed by atoms with Crippen LogP contribution in [0.2, 0.25) is 0 Å². The molecule has 1 unspecified atom stereocenters. The standard InChI is InChI=1S/C11H6F6OS/c12-10(13,14)9-4-1-6-5-7(19-11(15,16)17)2-3-8(6)18-9/h1-5,9H. The second kappa shape index (κ2) is 4.66. The van der Waals surface area contributed by atoms with Crippen LogP contribution in [0.1, 0.15) is 5.56 Å². The van der Waals surface area contributed by atoms with Crippen LogP contribution in [0.15, 0.2) is 29.2 Å². The Hall–Kier alpha value is -1.31. The minimum Gasteiger partial charge on any atom is -0.476 e. The highest BCUT2D eigenvalue weighted by Crippen LogP contribution is 2.40. The number of rotatable bonds is 1. The summed E-state index contributed by atoms with van der Waals surface area (Å²) >= 11 is -0.332. The number of hydrogen-bond donors (Lipinski definition) is 0. The van der Waals surface area contributed by atoms with Crippen LogP contribution in [-0.4, -0.2) is 17.8 Å². The molecule has 0 radical (unpaired) electrons. The van der Waals surface area contributed by atoms with E-state index in [1.54, 1.807) is 0 Å². The summed E-state index contributed by atoms with van der Waals surface area (Å²) in [5.41, 5.74) is -4.25. The molecule has 0 aliphatic carbocycles. The van der Waals surface area contributed by atoms with E-state index < -0.39 is 17.8 Å². The van der Waals surface area contributed by atoms with E-state index in [4.69, 9.17) is 0 Å². The SMILES string of the molecule is FC(F)(F)Sc1ccc2c(c1)C=CC(C(F)(F)F)O2. The molecule has 1 aliphatic heterocycles. The molecule has 0 aromatic heterocycles. The van der Waals surface area contributed by atoms with Crippen molar-refractivity contribution < 1.29 is 31.1 Å². The predicted octanol–water partition coefficient (Wildman–Crippen LogP) is 4.64. The van der Waals surface area contributed by atoms with Crippen molar-refractivity contribution in [2.24, 2.45) is 0 Å². The molecule has 0 spiro atoms. The molecule has 1 atom stereocenters. The van der Waals surface area contributed by atoms with Crippen molar-refractivity contribution >= 4 is 17.8 Å². The molecule has 2 rings (SSSR count). The van der Waals surface area contributed by atoms with Gasteiger partial charge in [-0.2, -0.15) is 26.3 Å². The van der Waals surface area contributed by atoms with Gasteiger partial charge in [0.15, 0.2) is 0 Å². The second-order valence-corrected chi connectivity index (χ2v) is 4.83. The van der Waals surface area contributed by atoms with Crippen molar-refractivity contribution in [3.8, 4) is 5.75 Å². The van der Waals surface area contributed by atoms with Crippen LogP contribution in [0.25, 0.3) is 6.08 Å². The lowest BCUT2D eigenvalue weighted by atomic mass is 10.1. The molecule has 8 heteroatoms. The third kappa shape index (κ3) is 3.59. The van der Waals surface area contributed by atoms with Crippen molar-refractivity contribution in [2.75, 3.05) is 0 Å². The predicted molar refractivity (Wildman–Crippen MR) is 57.9 cm³/mol. The maximum atomic E-state index is 12.4. The molecule has 0 bridgehead atoms. The van der Waals surface area contributed by atoms with Gasteiger partial charge in [0.2, 0.25) is 6.10 Å². The summed E-state index contributed by atoms with van der Waals surface area (Å²) in [7, 11) is 0. The second-order valence-electron chi connectivity index (χ2n) is 3.69. The fourth-order valence-electron chi connectivity index (χ4n) is 1.50. The third-order valence-corrected chi connectivity index (χ3v) is 2.96. The zero-order valence-corrected chi connectivity index (χ0v) is 9.86. The van der Waals surface area contributed by atoms with Gasteiger partial charge in [0.1, 0.15) is 5.75 Å². The minimum absolute atomic E-state index is 0.0867. The van der Waals surface area contributed by atoms with Crippen molar-refractivity contribution in [1.82, 2.24) is 0 Å². The van der Waals surface area contributed by atoms with Crippen LogP contribution in [0.5, 0.6) is 5.75 Å². The normalized spacial score (nSPS) is 18.9. The Morgan fingerprint density at radius 2 is 1.74 bits per heavy atom. The molecule has 1 nitrogen and oxygen atoms in total. The molecule has 1 aromatic rings. The lowest BCUT2D eigenvalue weighted by Gasteiger charge is -2.23. The molecule has 1 aromatic carbocycles. The van der Waals surface area contributed by atoms with Gasteiger partial charge in [0.25, 0.3) is 0 Å². The lowest BCUT2D eigenvalue weighted by molar-refractivity contribution is -0.180. The Kier molecular flexibility index (Phi) is 3.46. The molecular formula is C11H6F6OS. The Bertz CT molecular complexity index is 505. The zero-order valence-electron chi connectivity index (χ0n) is 9.05. The number of hydrogen-bond acceptors (Lipinski definition) is 2. The number of thioether (sulfide) groups is 1. The first-order valence-electron chi connectivity index (χ1n) is 4.96. The molecule has 104 valence electrons. The average molecular weight is 300 g/mol. The Morgan fingerprint density at radius 1 is 1.05 bits per heavy atom. The van der Waals surface area contributed by atoms with Crippen molar-refractivity contribution in [1.29, 1.82) is 0 Å². The van der Waals surface area contributed by atoms with Crippen LogP contribution >= 0.6 is 11.8 Å². The maximum Gasteiger partial charge on any atom is 0.446 e. The lowest BCUT2D eigenvalue weighted by Crippen LogP contribution is -2.33. The molecule has 0 saturated heterocycles. The molecular weight excluding hydrogens is 294 g/mol. The topological polar surface area (TPSA) is 9.23 Å². The molecule has 1 heterocycles. The van der Waals surface area contributed by atoms with Crippen molar-refractivity contribution in [2.45, 2.75) is 22.7 Å². The summed E-state index contributed by atoms with van der Waals surface area (Å²) in [5.74, 6) is -0.0867. The summed E-state index contributed by atoms with van der Waals surface area (Å²) in [6.45, 7) is 0.